The number of aryl methyl sites for hydroxylation is 3. The van der Waals surface area contributed by atoms with Crippen LogP contribution in [0.1, 0.15) is 63.7 Å². The van der Waals surface area contributed by atoms with E-state index in [0.29, 0.717) is 49.9 Å². The molecule has 0 spiro atoms. The van der Waals surface area contributed by atoms with Crippen molar-refractivity contribution in [1.82, 2.24) is 25.0 Å². The lowest BCUT2D eigenvalue weighted by Gasteiger charge is -2.40. The molecule has 3 saturated heterocycles. The highest BCUT2D eigenvalue weighted by atomic mass is 19.1. The van der Waals surface area contributed by atoms with Crippen LogP contribution in [-0.2, 0) is 24.2 Å². The average Bonchev–Trinajstić information content (AvgIpc) is 3.55. The van der Waals surface area contributed by atoms with Crippen molar-refractivity contribution in [3.05, 3.63) is 107 Å². The van der Waals surface area contributed by atoms with E-state index in [1.165, 1.54) is 19.1 Å². The summed E-state index contributed by atoms with van der Waals surface area (Å²) in [4.78, 5) is 63.5. The zero-order valence-corrected chi connectivity index (χ0v) is 35.6. The van der Waals surface area contributed by atoms with Gasteiger partial charge in [-0.25, -0.2) is 18.9 Å². The van der Waals surface area contributed by atoms with Crippen LogP contribution in [-0.4, -0.2) is 95.8 Å². The summed E-state index contributed by atoms with van der Waals surface area (Å²) in [6.07, 6.45) is 3.90. The van der Waals surface area contributed by atoms with Gasteiger partial charge in [0.15, 0.2) is 0 Å². The number of fused-ring (bicyclic) bond motifs is 2. The maximum atomic E-state index is 16.2. The Labute approximate surface area is 365 Å². The molecule has 5 N–H and O–H groups in total. The van der Waals surface area contributed by atoms with E-state index in [0.717, 1.165) is 92.7 Å². The zero-order valence-electron chi connectivity index (χ0n) is 35.6. The number of hydrogen-bond donors (Lipinski definition) is 4. The Bertz CT molecular complexity index is 2580. The average molecular weight is 854 g/mol. The molecule has 4 aliphatic rings. The van der Waals surface area contributed by atoms with Crippen LogP contribution in [0.2, 0.25) is 0 Å². The number of amides is 5. The van der Waals surface area contributed by atoms with Gasteiger partial charge in [0.2, 0.25) is 5.91 Å². The molecular formula is C47H52FN11O4. The largest absolute Gasteiger partial charge is 0.372 e. The molecule has 6 heterocycles. The fourth-order valence-electron chi connectivity index (χ4n) is 9.26. The van der Waals surface area contributed by atoms with Crippen molar-refractivity contribution < 1.29 is 23.6 Å². The van der Waals surface area contributed by atoms with E-state index in [-0.39, 0.29) is 39.9 Å². The van der Waals surface area contributed by atoms with E-state index in [9.17, 15) is 19.2 Å². The molecule has 0 aliphatic carbocycles. The smallest absolute Gasteiger partial charge is 0.328 e. The first kappa shape index (κ1) is 41.5. The third-order valence-electron chi connectivity index (χ3n) is 12.9. The topological polar surface area (TPSA) is 174 Å². The SMILES string of the molecule is CCc1cccc(NC(=O)c2ccc(-c3nn4c(c3C(N)=O)Nc3ccc(N5CCN(CC6CCN(c7ccc(N8CCC(=O)NC8=O)cc7)CC6)CC5)cc3CC4)c(F)c2C)n1. The van der Waals surface area contributed by atoms with Crippen LogP contribution in [0.15, 0.2) is 72.8 Å². The predicted octanol–water partition coefficient (Wildman–Crippen LogP) is 6.09. The number of carbonyl (C=O) groups is 4. The third-order valence-corrected chi connectivity index (χ3v) is 12.9. The quantitative estimate of drug-likeness (QED) is 0.129. The van der Waals surface area contributed by atoms with Crippen molar-refractivity contribution in [2.75, 3.05) is 77.7 Å². The first-order chi connectivity index (χ1) is 30.5. The summed E-state index contributed by atoms with van der Waals surface area (Å²) in [5, 5.41) is 13.3. The number of nitrogens with two attached hydrogens (primary N) is 1. The molecule has 5 amide bonds. The summed E-state index contributed by atoms with van der Waals surface area (Å²) in [6, 6.07) is 22.4. The van der Waals surface area contributed by atoms with Crippen molar-refractivity contribution in [2.45, 2.75) is 52.5 Å². The fourth-order valence-corrected chi connectivity index (χ4v) is 9.26. The highest BCUT2D eigenvalue weighted by Gasteiger charge is 2.30. The standard InChI is InChI=1S/C47H52FN11O4/c1-3-32-5-4-6-39(50-32)52-46(62)36-12-13-37(42(48)29(36)2)43-41(44(49)61)45-51-38-14-11-35(27-31(38)17-22-59(45)54-43)57-25-23-55(24-26-57)28-30-15-19-56(20-16-30)33-7-9-34(10-8-33)58-21-18-40(60)53-47(58)63/h4-14,27,30,51H,3,15-26,28H2,1-2H3,(H2,49,61)(H,50,52,62)(H,53,60,63). The lowest BCUT2D eigenvalue weighted by Crippen LogP contribution is -2.49. The summed E-state index contributed by atoms with van der Waals surface area (Å²) >= 11 is 0. The highest BCUT2D eigenvalue weighted by molar-refractivity contribution is 6.07. The Morgan fingerprint density at radius 1 is 0.841 bits per heavy atom. The Hall–Kier alpha value is -6.81. The van der Waals surface area contributed by atoms with E-state index in [2.05, 4.69) is 59.9 Å². The van der Waals surface area contributed by atoms with Crippen molar-refractivity contribution >= 4 is 58.1 Å². The molecule has 2 aromatic heterocycles. The molecule has 16 heteroatoms. The molecule has 0 bridgehead atoms. The monoisotopic (exact) mass is 853 g/mol. The van der Waals surface area contributed by atoms with Gasteiger partial charge in [-0.15, -0.1) is 0 Å². The molecule has 0 saturated carbocycles. The predicted molar refractivity (Wildman–Crippen MR) is 241 cm³/mol. The number of pyridine rings is 1. The van der Waals surface area contributed by atoms with Crippen LogP contribution in [0, 0.1) is 18.7 Å². The molecule has 0 unspecified atom stereocenters. The molecule has 0 radical (unpaired) electrons. The lowest BCUT2D eigenvalue weighted by molar-refractivity contribution is -0.120. The van der Waals surface area contributed by atoms with Crippen LogP contribution in [0.5, 0.6) is 0 Å². The number of urea groups is 1. The Morgan fingerprint density at radius 2 is 1.57 bits per heavy atom. The van der Waals surface area contributed by atoms with Gasteiger partial charge in [-0.3, -0.25) is 29.5 Å². The number of hydrogen-bond acceptors (Lipinski definition) is 10. The number of primary amides is 1. The van der Waals surface area contributed by atoms with Gasteiger partial charge in [-0.2, -0.15) is 5.10 Å². The molecule has 5 aromatic rings. The molecule has 3 aromatic carbocycles. The second-order valence-corrected chi connectivity index (χ2v) is 16.8. The summed E-state index contributed by atoms with van der Waals surface area (Å²) in [7, 11) is 0. The molecule has 63 heavy (non-hydrogen) atoms. The number of aromatic nitrogens is 3. The van der Waals surface area contributed by atoms with Crippen LogP contribution in [0.25, 0.3) is 11.3 Å². The minimum atomic E-state index is -0.736. The molecule has 3 fully saturated rings. The fraction of sp³-hybridized carbons (Fsp3) is 0.362. The van der Waals surface area contributed by atoms with E-state index in [1.807, 2.05) is 37.3 Å². The molecule has 9 rings (SSSR count). The van der Waals surface area contributed by atoms with Crippen molar-refractivity contribution in [2.24, 2.45) is 11.7 Å². The van der Waals surface area contributed by atoms with E-state index >= 15 is 4.39 Å². The molecule has 4 aliphatic heterocycles. The van der Waals surface area contributed by atoms with Crippen LogP contribution in [0.3, 0.4) is 0 Å². The van der Waals surface area contributed by atoms with Crippen molar-refractivity contribution in [3.63, 3.8) is 0 Å². The second kappa shape index (κ2) is 17.5. The number of nitrogens with zero attached hydrogens (tertiary/aromatic N) is 7. The number of rotatable bonds is 10. The number of piperazine rings is 1. The maximum Gasteiger partial charge on any atom is 0.328 e. The van der Waals surface area contributed by atoms with Crippen LogP contribution >= 0.6 is 0 Å². The van der Waals surface area contributed by atoms with Gasteiger partial charge in [-0.05, 0) is 116 Å². The van der Waals surface area contributed by atoms with Crippen molar-refractivity contribution in [3.8, 4) is 11.3 Å². The zero-order chi connectivity index (χ0) is 43.8. The van der Waals surface area contributed by atoms with Crippen LogP contribution in [0.4, 0.5) is 43.6 Å². The van der Waals surface area contributed by atoms with Crippen LogP contribution < -0.4 is 36.4 Å². The molecule has 326 valence electrons. The van der Waals surface area contributed by atoms with Gasteiger partial charge in [0.25, 0.3) is 11.8 Å². The minimum absolute atomic E-state index is 0.0841. The van der Waals surface area contributed by atoms with Gasteiger partial charge in [-0.1, -0.05) is 13.0 Å². The number of halogens is 1. The molecular weight excluding hydrogens is 802 g/mol. The van der Waals surface area contributed by atoms with Gasteiger partial charge >= 0.3 is 6.03 Å². The van der Waals surface area contributed by atoms with E-state index in [4.69, 9.17) is 10.8 Å². The summed E-state index contributed by atoms with van der Waals surface area (Å²) in [6.45, 7) is 11.2. The summed E-state index contributed by atoms with van der Waals surface area (Å²) in [5.41, 5.74) is 12.4. The minimum Gasteiger partial charge on any atom is -0.372 e. The lowest BCUT2D eigenvalue weighted by atomic mass is 9.95. The number of piperidine rings is 1. The highest BCUT2D eigenvalue weighted by Crippen LogP contribution is 2.38. The number of imide groups is 1. The second-order valence-electron chi connectivity index (χ2n) is 16.8. The Balaban J connectivity index is 0.802. The third kappa shape index (κ3) is 8.54. The van der Waals surface area contributed by atoms with Gasteiger partial charge < -0.3 is 26.2 Å². The number of benzene rings is 3. The molecule has 0 atom stereocenters. The number of anilines is 6. The molecule has 15 nitrogen and oxygen atoms in total. The van der Waals surface area contributed by atoms with Gasteiger partial charge in [0, 0.05) is 105 Å². The maximum absolute atomic E-state index is 16.2. The van der Waals surface area contributed by atoms with E-state index < -0.39 is 17.6 Å². The normalized spacial score (nSPS) is 17.1. The summed E-state index contributed by atoms with van der Waals surface area (Å²) < 4.78 is 17.8. The Morgan fingerprint density at radius 3 is 2.30 bits per heavy atom. The number of carbonyl (C=O) groups excluding carboxylic acids is 4. The summed E-state index contributed by atoms with van der Waals surface area (Å²) in [5.74, 6) is -0.690. The first-order valence-electron chi connectivity index (χ1n) is 21.8. The first-order valence-corrected chi connectivity index (χ1v) is 21.8. The van der Waals surface area contributed by atoms with Crippen molar-refractivity contribution in [1.29, 1.82) is 0 Å². The Kier molecular flexibility index (Phi) is 11.5. The van der Waals surface area contributed by atoms with Gasteiger partial charge in [0.05, 0.1) is 0 Å². The van der Waals surface area contributed by atoms with E-state index in [1.54, 1.807) is 15.6 Å². The van der Waals surface area contributed by atoms with Gasteiger partial charge in [0.1, 0.15) is 28.7 Å². The number of nitrogens with one attached hydrogen (secondary N) is 3.